The predicted molar refractivity (Wildman–Crippen MR) is 166 cm³/mol. The summed E-state index contributed by atoms with van der Waals surface area (Å²) in [6.07, 6.45) is 0. The Labute approximate surface area is 228 Å². The molecule has 0 radical (unpaired) electrons. The second-order valence-corrected chi connectivity index (χ2v) is 11.8. The average Bonchev–Trinajstić information content (AvgIpc) is 3.17. The van der Waals surface area contributed by atoms with Crippen molar-refractivity contribution < 1.29 is 0 Å². The van der Waals surface area contributed by atoms with E-state index < -0.39 is 0 Å². The molecule has 0 heterocycles. The highest BCUT2D eigenvalue weighted by Crippen LogP contribution is 2.41. The molecule has 1 aliphatic carbocycles. The summed E-state index contributed by atoms with van der Waals surface area (Å²) in [5.41, 5.74) is 11.7. The minimum atomic E-state index is 0.377. The summed E-state index contributed by atoms with van der Waals surface area (Å²) in [5, 5.41) is 2.49. The molecule has 0 N–H and O–H groups in total. The summed E-state index contributed by atoms with van der Waals surface area (Å²) in [4.78, 5) is 11.1. The van der Waals surface area contributed by atoms with Crippen LogP contribution in [0.15, 0.2) is 82.8 Å². The Morgan fingerprint density at radius 1 is 0.421 bits per heavy atom. The molecule has 4 aromatic rings. The topological polar surface area (TPSA) is 24.7 Å². The molecule has 4 aromatic carbocycles. The van der Waals surface area contributed by atoms with Crippen molar-refractivity contribution in [3.63, 3.8) is 0 Å². The van der Waals surface area contributed by atoms with E-state index in [0.717, 1.165) is 22.8 Å². The van der Waals surface area contributed by atoms with Gasteiger partial charge in [0.1, 0.15) is 0 Å². The van der Waals surface area contributed by atoms with Crippen molar-refractivity contribution in [2.24, 2.45) is 9.98 Å². The SMILES string of the molecule is CC(C)c1cccc(C(C)C)c1N=C1/C(=N/c2c(C(C)C)cccc2C(C)C)c2cccc3cccc1c23. The van der Waals surface area contributed by atoms with Gasteiger partial charge in [-0.2, -0.15) is 0 Å². The van der Waals surface area contributed by atoms with Gasteiger partial charge in [-0.05, 0) is 51.3 Å². The van der Waals surface area contributed by atoms with Crippen LogP contribution in [0.1, 0.15) is 112 Å². The Balaban J connectivity index is 1.88. The number of nitrogens with zero attached hydrogens (tertiary/aromatic N) is 2. The van der Waals surface area contributed by atoms with E-state index in [1.54, 1.807) is 0 Å². The lowest BCUT2D eigenvalue weighted by molar-refractivity contribution is 0.834. The lowest BCUT2D eigenvalue weighted by Gasteiger charge is -2.19. The third kappa shape index (κ3) is 4.51. The highest BCUT2D eigenvalue weighted by atomic mass is 14.8. The largest absolute Gasteiger partial charge is 0.245 e. The van der Waals surface area contributed by atoms with Crippen LogP contribution in [0.4, 0.5) is 11.4 Å². The summed E-state index contributed by atoms with van der Waals surface area (Å²) in [7, 11) is 0. The first-order valence-corrected chi connectivity index (χ1v) is 14.1. The molecule has 0 saturated heterocycles. The van der Waals surface area contributed by atoms with Crippen LogP contribution in [0.3, 0.4) is 0 Å². The fourth-order valence-electron chi connectivity index (χ4n) is 5.72. The summed E-state index contributed by atoms with van der Waals surface area (Å²) in [6, 6.07) is 26.5. The maximum atomic E-state index is 5.55. The van der Waals surface area contributed by atoms with E-state index in [2.05, 4.69) is 128 Å². The van der Waals surface area contributed by atoms with Gasteiger partial charge >= 0.3 is 0 Å². The molecule has 2 nitrogen and oxygen atoms in total. The molecule has 0 aliphatic heterocycles. The summed E-state index contributed by atoms with van der Waals surface area (Å²) < 4.78 is 0. The van der Waals surface area contributed by atoms with Crippen LogP contribution < -0.4 is 0 Å². The molecule has 1 aliphatic rings. The molecule has 0 saturated carbocycles. The van der Waals surface area contributed by atoms with E-state index in [9.17, 15) is 0 Å². The van der Waals surface area contributed by atoms with E-state index in [0.29, 0.717) is 23.7 Å². The van der Waals surface area contributed by atoms with Crippen molar-refractivity contribution in [3.8, 4) is 0 Å². The average molecular weight is 501 g/mol. The number of para-hydroxylation sites is 2. The molecule has 0 amide bonds. The van der Waals surface area contributed by atoms with Crippen LogP contribution in [-0.2, 0) is 0 Å². The first-order valence-electron chi connectivity index (χ1n) is 14.1. The molecule has 0 fully saturated rings. The zero-order chi connectivity index (χ0) is 27.1. The number of rotatable bonds is 6. The molecule has 2 heteroatoms. The Morgan fingerprint density at radius 2 is 0.737 bits per heavy atom. The van der Waals surface area contributed by atoms with Gasteiger partial charge in [-0.15, -0.1) is 0 Å². The minimum absolute atomic E-state index is 0.377. The maximum Gasteiger partial charge on any atom is 0.0979 e. The molecule has 194 valence electrons. The molecule has 0 aromatic heterocycles. The third-order valence-electron chi connectivity index (χ3n) is 7.77. The first-order chi connectivity index (χ1) is 18.2. The standard InChI is InChI=1S/C36H40N2/c1-21(2)26-15-11-16-27(22(3)4)33(26)37-35-30-19-9-13-25-14-10-20-31(32(25)30)36(35)38-34-28(23(5)6)17-12-18-29(34)24(7)8/h9-24H,1-8H3/b37-35+,38-36?. The van der Waals surface area contributed by atoms with Crippen molar-refractivity contribution >= 4 is 33.6 Å². The summed E-state index contributed by atoms with van der Waals surface area (Å²) in [5.74, 6) is 1.51. The first kappa shape index (κ1) is 26.1. The minimum Gasteiger partial charge on any atom is -0.245 e. The molecule has 38 heavy (non-hydrogen) atoms. The third-order valence-corrected chi connectivity index (χ3v) is 7.77. The smallest absolute Gasteiger partial charge is 0.0979 e. The summed E-state index contributed by atoms with van der Waals surface area (Å²) >= 11 is 0. The van der Waals surface area contributed by atoms with E-state index in [1.807, 2.05) is 0 Å². The van der Waals surface area contributed by atoms with Crippen LogP contribution >= 0.6 is 0 Å². The number of hydrogen-bond acceptors (Lipinski definition) is 2. The molecule has 0 bridgehead atoms. The van der Waals surface area contributed by atoms with E-state index in [4.69, 9.17) is 9.98 Å². The Kier molecular flexibility index (Phi) is 7.09. The molecule has 0 unspecified atom stereocenters. The Bertz CT molecular complexity index is 1400. The van der Waals surface area contributed by atoms with Crippen LogP contribution in [0.5, 0.6) is 0 Å². The Hall–Kier alpha value is -3.52. The van der Waals surface area contributed by atoms with Crippen molar-refractivity contribution in [3.05, 3.63) is 106 Å². The van der Waals surface area contributed by atoms with Gasteiger partial charge in [-0.1, -0.05) is 128 Å². The quantitative estimate of drug-likeness (QED) is 0.251. The lowest BCUT2D eigenvalue weighted by atomic mass is 9.92. The van der Waals surface area contributed by atoms with Crippen LogP contribution in [-0.4, -0.2) is 11.4 Å². The number of hydrogen-bond donors (Lipinski definition) is 0. The van der Waals surface area contributed by atoms with Gasteiger partial charge in [-0.3, -0.25) is 0 Å². The number of benzene rings is 4. The zero-order valence-corrected chi connectivity index (χ0v) is 24.1. The lowest BCUT2D eigenvalue weighted by Crippen LogP contribution is -2.12. The maximum absolute atomic E-state index is 5.55. The van der Waals surface area contributed by atoms with E-state index in [-0.39, 0.29) is 0 Å². The molecular weight excluding hydrogens is 460 g/mol. The van der Waals surface area contributed by atoms with E-state index in [1.165, 1.54) is 44.2 Å². The fraction of sp³-hybridized carbons (Fsp3) is 0.333. The van der Waals surface area contributed by atoms with Gasteiger partial charge < -0.3 is 0 Å². The molecule has 5 rings (SSSR count). The summed E-state index contributed by atoms with van der Waals surface area (Å²) in [6.45, 7) is 18.1. The number of aliphatic imine (C=N–C) groups is 2. The highest BCUT2D eigenvalue weighted by Gasteiger charge is 2.29. The fourth-order valence-corrected chi connectivity index (χ4v) is 5.72. The molecule has 0 atom stereocenters. The highest BCUT2D eigenvalue weighted by molar-refractivity contribution is 6.61. The van der Waals surface area contributed by atoms with Crippen molar-refractivity contribution in [1.82, 2.24) is 0 Å². The zero-order valence-electron chi connectivity index (χ0n) is 24.1. The van der Waals surface area contributed by atoms with E-state index >= 15 is 0 Å². The van der Waals surface area contributed by atoms with Gasteiger partial charge in [-0.25, -0.2) is 9.98 Å². The van der Waals surface area contributed by atoms with Crippen LogP contribution in [0, 0.1) is 0 Å². The second-order valence-electron chi connectivity index (χ2n) is 11.8. The van der Waals surface area contributed by atoms with Gasteiger partial charge in [0.2, 0.25) is 0 Å². The van der Waals surface area contributed by atoms with Crippen LogP contribution in [0.25, 0.3) is 10.8 Å². The van der Waals surface area contributed by atoms with Gasteiger partial charge in [0.05, 0.1) is 22.8 Å². The van der Waals surface area contributed by atoms with Crippen molar-refractivity contribution in [2.75, 3.05) is 0 Å². The normalized spacial score (nSPS) is 15.4. The predicted octanol–water partition coefficient (Wildman–Crippen LogP) is 10.6. The van der Waals surface area contributed by atoms with Gasteiger partial charge in [0.25, 0.3) is 0 Å². The second kappa shape index (κ2) is 10.3. The van der Waals surface area contributed by atoms with Crippen LogP contribution in [0.2, 0.25) is 0 Å². The van der Waals surface area contributed by atoms with Gasteiger partial charge in [0, 0.05) is 16.5 Å². The molecular formula is C36H40N2. The van der Waals surface area contributed by atoms with Crippen molar-refractivity contribution in [1.29, 1.82) is 0 Å². The van der Waals surface area contributed by atoms with Gasteiger partial charge in [0.15, 0.2) is 0 Å². The van der Waals surface area contributed by atoms with Crippen molar-refractivity contribution in [2.45, 2.75) is 79.1 Å². The molecule has 0 spiro atoms. The Morgan fingerprint density at radius 3 is 1.05 bits per heavy atom. The monoisotopic (exact) mass is 500 g/mol.